The molecule has 0 aromatic carbocycles. The number of hydrogen-bond acceptors (Lipinski definition) is 6. The van der Waals surface area contributed by atoms with Crippen LogP contribution in [0.15, 0.2) is 11.6 Å². The number of allylic oxidation sites excluding steroid dienone is 1. The van der Waals surface area contributed by atoms with Gasteiger partial charge in [-0.15, -0.1) is 0 Å². The number of esters is 1. The number of hydrogen-bond donors (Lipinski definition) is 3. The number of nitrogens with one attached hydrogen (secondary N) is 1. The monoisotopic (exact) mass is 713 g/mol. The van der Waals surface area contributed by atoms with Crippen molar-refractivity contribution >= 4 is 11.9 Å². The minimum atomic E-state index is -0.221. The van der Waals surface area contributed by atoms with Crippen LogP contribution in [-0.4, -0.2) is 61.1 Å². The van der Waals surface area contributed by atoms with Crippen LogP contribution in [0.2, 0.25) is 0 Å². The highest BCUT2D eigenvalue weighted by Gasteiger charge is 2.58. The number of fused-ring (bicyclic) bond motifs is 5. The van der Waals surface area contributed by atoms with E-state index in [2.05, 4.69) is 46.0 Å². The lowest BCUT2D eigenvalue weighted by molar-refractivity contribution is -0.153. The Morgan fingerprint density at radius 1 is 0.902 bits per heavy atom. The summed E-state index contributed by atoms with van der Waals surface area (Å²) in [6.45, 7) is 19.6. The topological polar surface area (TPSA) is 111 Å². The van der Waals surface area contributed by atoms with Crippen LogP contribution in [-0.2, 0) is 14.3 Å². The predicted octanol–water partition coefficient (Wildman–Crippen LogP) is 8.78. The zero-order valence-electron chi connectivity index (χ0n) is 34.2. The smallest absolute Gasteiger partial charge is 0.306 e. The van der Waals surface area contributed by atoms with Crippen LogP contribution in [0.1, 0.15) is 164 Å². The van der Waals surface area contributed by atoms with Crippen molar-refractivity contribution in [3.63, 3.8) is 0 Å². The molecule has 9 unspecified atom stereocenters. The molecule has 7 nitrogen and oxygen atoms in total. The fraction of sp³-hybridized carbons (Fsp3) is 0.909. The number of ether oxygens (including phenoxy) is 1. The third-order valence-corrected chi connectivity index (χ3v) is 14.7. The van der Waals surface area contributed by atoms with Gasteiger partial charge in [0.1, 0.15) is 6.10 Å². The van der Waals surface area contributed by atoms with Gasteiger partial charge in [0.15, 0.2) is 0 Å². The van der Waals surface area contributed by atoms with Gasteiger partial charge in [-0.25, -0.2) is 0 Å². The highest BCUT2D eigenvalue weighted by atomic mass is 16.5. The molecule has 5 N–H and O–H groups in total. The molecule has 0 aromatic rings. The van der Waals surface area contributed by atoms with Gasteiger partial charge in [0.05, 0.1) is 6.42 Å². The lowest BCUT2D eigenvalue weighted by Gasteiger charge is -2.58. The molecule has 0 heterocycles. The van der Waals surface area contributed by atoms with Gasteiger partial charge in [-0.1, -0.05) is 65.5 Å². The Morgan fingerprint density at radius 3 is 2.37 bits per heavy atom. The van der Waals surface area contributed by atoms with Crippen LogP contribution in [0, 0.1) is 46.3 Å². The van der Waals surface area contributed by atoms with E-state index in [0.29, 0.717) is 18.5 Å². The maximum absolute atomic E-state index is 13.2. The second-order valence-electron chi connectivity index (χ2n) is 18.6. The highest BCUT2D eigenvalue weighted by molar-refractivity contribution is 5.81. The molecule has 0 aromatic heterocycles. The van der Waals surface area contributed by atoms with Gasteiger partial charge in [-0.05, 0) is 150 Å². The van der Waals surface area contributed by atoms with E-state index in [-0.39, 0.29) is 48.3 Å². The van der Waals surface area contributed by atoms with Crippen molar-refractivity contribution in [3.8, 4) is 0 Å². The molecular formula is C44H80N4O3. The van der Waals surface area contributed by atoms with E-state index in [1.807, 2.05) is 18.7 Å². The summed E-state index contributed by atoms with van der Waals surface area (Å²) >= 11 is 0. The molecule has 0 radical (unpaired) electrons. The van der Waals surface area contributed by atoms with Crippen molar-refractivity contribution in [2.45, 2.75) is 182 Å². The largest absolute Gasteiger partial charge is 0.462 e. The van der Waals surface area contributed by atoms with E-state index >= 15 is 0 Å². The average Bonchev–Trinajstić information content (AvgIpc) is 3.42. The van der Waals surface area contributed by atoms with Gasteiger partial charge in [0.25, 0.3) is 0 Å². The first-order valence-electron chi connectivity index (χ1n) is 21.7. The summed E-state index contributed by atoms with van der Waals surface area (Å²) < 4.78 is 6.09. The molecule has 3 saturated carbocycles. The maximum atomic E-state index is 13.2. The van der Waals surface area contributed by atoms with E-state index in [1.54, 1.807) is 5.57 Å². The van der Waals surface area contributed by atoms with Gasteiger partial charge in [-0.3, -0.25) is 9.59 Å². The Morgan fingerprint density at radius 2 is 1.67 bits per heavy atom. The summed E-state index contributed by atoms with van der Waals surface area (Å²) in [5.41, 5.74) is 14.2. The molecule has 0 aliphatic heterocycles. The molecule has 0 bridgehead atoms. The van der Waals surface area contributed by atoms with Crippen LogP contribution in [0.4, 0.5) is 0 Å². The van der Waals surface area contributed by atoms with Gasteiger partial charge < -0.3 is 26.4 Å². The third kappa shape index (κ3) is 11.3. The summed E-state index contributed by atoms with van der Waals surface area (Å²) in [5, 5.41) is 3.44. The SMILES string of the molecule is CC[C@H](CCCC1CCC2C3CC=C4CC(OC(=O)CCC(=O)N(CCCCNCCC(C)N)CCC(C)N)CCC4(C)C3CCC12C)C(C)C. The molecule has 1 amide bonds. The summed E-state index contributed by atoms with van der Waals surface area (Å²) in [5.74, 6) is 4.85. The Labute approximate surface area is 313 Å². The van der Waals surface area contributed by atoms with Crippen molar-refractivity contribution in [2.75, 3.05) is 26.2 Å². The molecule has 294 valence electrons. The summed E-state index contributed by atoms with van der Waals surface area (Å²) in [6, 6.07) is 0.251. The molecule has 51 heavy (non-hydrogen) atoms. The number of rotatable bonds is 21. The van der Waals surface area contributed by atoms with Crippen LogP contribution < -0.4 is 16.8 Å². The normalized spacial score (nSPS) is 32.0. The van der Waals surface area contributed by atoms with Crippen molar-refractivity contribution in [2.24, 2.45) is 57.8 Å². The van der Waals surface area contributed by atoms with Crippen LogP contribution in [0.25, 0.3) is 0 Å². The Balaban J connectivity index is 1.24. The zero-order chi connectivity index (χ0) is 37.2. The molecule has 0 saturated heterocycles. The second kappa shape index (κ2) is 19.8. The lowest BCUT2D eigenvalue weighted by atomic mass is 9.47. The minimum absolute atomic E-state index is 0.0360. The molecular weight excluding hydrogens is 633 g/mol. The summed E-state index contributed by atoms with van der Waals surface area (Å²) in [4.78, 5) is 28.2. The molecule has 4 rings (SSSR count). The maximum Gasteiger partial charge on any atom is 0.306 e. The number of nitrogens with two attached hydrogens (primary N) is 2. The predicted molar refractivity (Wildman–Crippen MR) is 212 cm³/mol. The minimum Gasteiger partial charge on any atom is -0.462 e. The number of nitrogens with zero attached hydrogens (tertiary/aromatic N) is 1. The van der Waals surface area contributed by atoms with Crippen molar-refractivity contribution in [1.82, 2.24) is 10.2 Å². The molecule has 10 atom stereocenters. The van der Waals surface area contributed by atoms with Crippen molar-refractivity contribution in [3.05, 3.63) is 11.6 Å². The van der Waals surface area contributed by atoms with Gasteiger partial charge in [0.2, 0.25) is 5.91 Å². The van der Waals surface area contributed by atoms with Crippen LogP contribution in [0.5, 0.6) is 0 Å². The first kappa shape index (κ1) is 42.3. The molecule has 7 heteroatoms. The van der Waals surface area contributed by atoms with Gasteiger partial charge >= 0.3 is 5.97 Å². The number of carbonyl (C=O) groups excluding carboxylic acids is 2. The number of carbonyl (C=O) groups is 2. The van der Waals surface area contributed by atoms with Gasteiger partial charge in [-0.2, -0.15) is 0 Å². The summed E-state index contributed by atoms with van der Waals surface area (Å²) in [7, 11) is 0. The molecule has 0 spiro atoms. The third-order valence-electron chi connectivity index (χ3n) is 14.7. The van der Waals surface area contributed by atoms with E-state index in [4.69, 9.17) is 16.2 Å². The second-order valence-corrected chi connectivity index (χ2v) is 18.6. The Kier molecular flexibility index (Phi) is 16.4. The van der Waals surface area contributed by atoms with E-state index in [0.717, 1.165) is 93.5 Å². The molecule has 3 fully saturated rings. The zero-order valence-corrected chi connectivity index (χ0v) is 34.2. The number of unbranched alkanes of at least 4 members (excludes halogenated alkanes) is 1. The van der Waals surface area contributed by atoms with E-state index in [1.165, 1.54) is 57.8 Å². The fourth-order valence-corrected chi connectivity index (χ4v) is 11.3. The molecule has 4 aliphatic rings. The van der Waals surface area contributed by atoms with Crippen molar-refractivity contribution < 1.29 is 14.3 Å². The molecule has 4 aliphatic carbocycles. The Bertz CT molecular complexity index is 1120. The van der Waals surface area contributed by atoms with E-state index < -0.39 is 0 Å². The van der Waals surface area contributed by atoms with Crippen molar-refractivity contribution in [1.29, 1.82) is 0 Å². The van der Waals surface area contributed by atoms with E-state index in [9.17, 15) is 9.59 Å². The Hall–Kier alpha value is -1.44. The first-order chi connectivity index (χ1) is 24.3. The quantitative estimate of drug-likeness (QED) is 0.0624. The first-order valence-corrected chi connectivity index (χ1v) is 21.7. The van der Waals surface area contributed by atoms with Crippen LogP contribution in [0.3, 0.4) is 0 Å². The highest BCUT2D eigenvalue weighted by Crippen LogP contribution is 2.67. The lowest BCUT2D eigenvalue weighted by Crippen LogP contribution is -2.50. The summed E-state index contributed by atoms with van der Waals surface area (Å²) in [6.07, 6.45) is 21.9. The number of amides is 1. The average molecular weight is 713 g/mol. The van der Waals surface area contributed by atoms with Crippen LogP contribution >= 0.6 is 0 Å². The van der Waals surface area contributed by atoms with Gasteiger partial charge in [0, 0.05) is 38.0 Å². The fourth-order valence-electron chi connectivity index (χ4n) is 11.3. The standard InChI is InChI=1S/C44H80N4O3/c1-8-34(31(2)3)12-11-13-35-15-17-39-38-16-14-36-30-37(20-24-44(36,7)40(38)21-25-43(35,39)6)51-42(50)19-18-41(49)48(29-23-33(5)46)28-10-9-26-47-27-22-32(4)45/h14,31-35,37-40,47H,8-13,15-30,45-46H2,1-7H3/t32?,33?,34-,35?,37?,38?,39?,40?,43?,44?/m1/s1.